The number of nitrogens with one attached hydrogen (secondary N) is 2. The van der Waals surface area contributed by atoms with Gasteiger partial charge in [0, 0.05) is 19.1 Å². The van der Waals surface area contributed by atoms with E-state index in [-0.39, 0.29) is 12.1 Å². The first kappa shape index (κ1) is 13.2. The van der Waals surface area contributed by atoms with E-state index in [4.69, 9.17) is 4.74 Å². The summed E-state index contributed by atoms with van der Waals surface area (Å²) < 4.78 is 5.42. The molecule has 1 aliphatic rings. The highest BCUT2D eigenvalue weighted by molar-refractivity contribution is 7.15. The summed E-state index contributed by atoms with van der Waals surface area (Å²) in [6.07, 6.45) is 2.23. The minimum atomic E-state index is -0.253. The second-order valence-corrected chi connectivity index (χ2v) is 5.58. The van der Waals surface area contributed by atoms with Gasteiger partial charge in [-0.25, -0.2) is 4.79 Å². The van der Waals surface area contributed by atoms with Gasteiger partial charge in [-0.05, 0) is 12.8 Å². The molecule has 1 fully saturated rings. The summed E-state index contributed by atoms with van der Waals surface area (Å²) in [7, 11) is 0. The molecule has 0 saturated carbocycles. The SMILES string of the molecule is CC(C)c1nnc(NC(=O)NC[C@@H]2CCCO2)s1. The first-order valence-corrected chi connectivity index (χ1v) is 6.96. The molecule has 1 aliphatic heterocycles. The van der Waals surface area contributed by atoms with Gasteiger partial charge in [-0.2, -0.15) is 0 Å². The Morgan fingerprint density at radius 1 is 1.56 bits per heavy atom. The van der Waals surface area contributed by atoms with E-state index in [1.54, 1.807) is 0 Å². The minimum absolute atomic E-state index is 0.149. The molecule has 7 heteroatoms. The third-order valence-electron chi connectivity index (χ3n) is 2.67. The van der Waals surface area contributed by atoms with Gasteiger partial charge in [0.25, 0.3) is 0 Å². The van der Waals surface area contributed by atoms with Gasteiger partial charge < -0.3 is 10.1 Å². The van der Waals surface area contributed by atoms with Crippen LogP contribution in [0, 0.1) is 0 Å². The van der Waals surface area contributed by atoms with Crippen molar-refractivity contribution >= 4 is 22.5 Å². The number of carbonyl (C=O) groups is 1. The van der Waals surface area contributed by atoms with Crippen molar-refractivity contribution in [3.05, 3.63) is 5.01 Å². The van der Waals surface area contributed by atoms with Gasteiger partial charge in [0.2, 0.25) is 5.13 Å². The van der Waals surface area contributed by atoms with Crippen LogP contribution in [0.15, 0.2) is 0 Å². The fourth-order valence-corrected chi connectivity index (χ4v) is 2.41. The van der Waals surface area contributed by atoms with Crippen LogP contribution in [0.3, 0.4) is 0 Å². The third-order valence-corrected chi connectivity index (χ3v) is 3.81. The second-order valence-electron chi connectivity index (χ2n) is 4.57. The molecule has 0 radical (unpaired) electrons. The molecular weight excluding hydrogens is 252 g/mol. The lowest BCUT2D eigenvalue weighted by atomic mass is 10.2. The first-order chi connectivity index (χ1) is 8.65. The molecule has 100 valence electrons. The van der Waals surface area contributed by atoms with E-state index in [1.165, 1.54) is 11.3 Å². The Balaban J connectivity index is 1.75. The zero-order chi connectivity index (χ0) is 13.0. The Morgan fingerprint density at radius 3 is 3.00 bits per heavy atom. The number of rotatable bonds is 4. The predicted molar refractivity (Wildman–Crippen MR) is 70.0 cm³/mol. The van der Waals surface area contributed by atoms with Crippen molar-refractivity contribution in [1.29, 1.82) is 0 Å². The molecule has 1 aromatic heterocycles. The number of ether oxygens (including phenoxy) is 1. The van der Waals surface area contributed by atoms with Crippen LogP contribution in [0.25, 0.3) is 0 Å². The molecule has 2 rings (SSSR count). The average molecular weight is 270 g/mol. The molecule has 1 atom stereocenters. The van der Waals surface area contributed by atoms with E-state index < -0.39 is 0 Å². The fourth-order valence-electron chi connectivity index (χ4n) is 1.67. The van der Waals surface area contributed by atoms with Crippen LogP contribution >= 0.6 is 11.3 Å². The Morgan fingerprint density at radius 2 is 2.39 bits per heavy atom. The van der Waals surface area contributed by atoms with E-state index in [9.17, 15) is 4.79 Å². The zero-order valence-corrected chi connectivity index (χ0v) is 11.4. The van der Waals surface area contributed by atoms with Crippen molar-refractivity contribution < 1.29 is 9.53 Å². The van der Waals surface area contributed by atoms with Crippen molar-refractivity contribution in [2.75, 3.05) is 18.5 Å². The van der Waals surface area contributed by atoms with Crippen molar-refractivity contribution in [2.45, 2.75) is 38.7 Å². The summed E-state index contributed by atoms with van der Waals surface area (Å²) >= 11 is 1.40. The molecule has 1 aromatic rings. The Labute approximate surface area is 110 Å². The largest absolute Gasteiger partial charge is 0.376 e. The van der Waals surface area contributed by atoms with E-state index in [2.05, 4.69) is 20.8 Å². The molecule has 0 aliphatic carbocycles. The van der Waals surface area contributed by atoms with Crippen LogP contribution in [-0.4, -0.2) is 35.5 Å². The van der Waals surface area contributed by atoms with E-state index in [0.717, 1.165) is 24.5 Å². The zero-order valence-electron chi connectivity index (χ0n) is 10.6. The van der Waals surface area contributed by atoms with Gasteiger partial charge in [-0.1, -0.05) is 25.2 Å². The molecule has 0 spiro atoms. The predicted octanol–water partition coefficient (Wildman–Crippen LogP) is 1.96. The highest BCUT2D eigenvalue weighted by atomic mass is 32.1. The molecular formula is C11H18N4O2S. The summed E-state index contributed by atoms with van der Waals surface area (Å²) in [6.45, 7) is 5.42. The quantitative estimate of drug-likeness (QED) is 0.877. The summed E-state index contributed by atoms with van der Waals surface area (Å²) in [6, 6.07) is -0.253. The van der Waals surface area contributed by atoms with E-state index in [1.807, 2.05) is 13.8 Å². The van der Waals surface area contributed by atoms with Crippen molar-refractivity contribution in [1.82, 2.24) is 15.5 Å². The summed E-state index contributed by atoms with van der Waals surface area (Å²) in [4.78, 5) is 11.6. The number of urea groups is 1. The molecule has 18 heavy (non-hydrogen) atoms. The Hall–Kier alpha value is -1.21. The topological polar surface area (TPSA) is 76.1 Å². The highest BCUT2D eigenvalue weighted by Crippen LogP contribution is 2.22. The van der Waals surface area contributed by atoms with Crippen molar-refractivity contribution in [3.8, 4) is 0 Å². The molecule has 2 heterocycles. The smallest absolute Gasteiger partial charge is 0.321 e. The number of anilines is 1. The molecule has 2 amide bonds. The number of carbonyl (C=O) groups excluding carboxylic acids is 1. The van der Waals surface area contributed by atoms with Crippen LogP contribution in [0.2, 0.25) is 0 Å². The monoisotopic (exact) mass is 270 g/mol. The maximum atomic E-state index is 11.6. The first-order valence-electron chi connectivity index (χ1n) is 6.15. The lowest BCUT2D eigenvalue weighted by Crippen LogP contribution is -2.34. The maximum Gasteiger partial charge on any atom is 0.321 e. The van der Waals surface area contributed by atoms with Gasteiger partial charge in [-0.15, -0.1) is 10.2 Å². The van der Waals surface area contributed by atoms with E-state index in [0.29, 0.717) is 17.6 Å². The lowest BCUT2D eigenvalue weighted by molar-refractivity contribution is 0.112. The Kier molecular flexibility index (Phi) is 4.48. The standard InChI is InChI=1S/C11H18N4O2S/c1-7(2)9-14-15-11(18-9)13-10(16)12-6-8-4-3-5-17-8/h7-8H,3-6H2,1-2H3,(H2,12,13,15,16)/t8-/m0/s1. The van der Waals surface area contributed by atoms with Gasteiger partial charge in [0.05, 0.1) is 6.10 Å². The minimum Gasteiger partial charge on any atom is -0.376 e. The average Bonchev–Trinajstić information content (AvgIpc) is 2.96. The highest BCUT2D eigenvalue weighted by Gasteiger charge is 2.16. The fraction of sp³-hybridized carbons (Fsp3) is 0.727. The summed E-state index contributed by atoms with van der Waals surface area (Å²) in [5.74, 6) is 0.327. The number of amides is 2. The Bertz CT molecular complexity index is 402. The normalized spacial score (nSPS) is 19.2. The number of hydrogen-bond acceptors (Lipinski definition) is 5. The molecule has 2 N–H and O–H groups in total. The molecule has 0 unspecified atom stereocenters. The van der Waals surface area contributed by atoms with Gasteiger partial charge in [0.1, 0.15) is 5.01 Å². The molecule has 6 nitrogen and oxygen atoms in total. The van der Waals surface area contributed by atoms with Gasteiger partial charge in [-0.3, -0.25) is 5.32 Å². The van der Waals surface area contributed by atoms with Crippen LogP contribution in [0.1, 0.15) is 37.6 Å². The summed E-state index contributed by atoms with van der Waals surface area (Å²) in [5.41, 5.74) is 0. The molecule has 1 saturated heterocycles. The van der Waals surface area contributed by atoms with Crippen molar-refractivity contribution in [3.63, 3.8) is 0 Å². The number of nitrogens with zero attached hydrogens (tertiary/aromatic N) is 2. The maximum absolute atomic E-state index is 11.6. The number of aromatic nitrogens is 2. The van der Waals surface area contributed by atoms with Crippen LogP contribution in [0.4, 0.5) is 9.93 Å². The second kappa shape index (κ2) is 6.10. The lowest BCUT2D eigenvalue weighted by Gasteiger charge is -2.10. The van der Waals surface area contributed by atoms with Crippen LogP contribution < -0.4 is 10.6 Å². The molecule has 0 aromatic carbocycles. The van der Waals surface area contributed by atoms with Crippen molar-refractivity contribution in [2.24, 2.45) is 0 Å². The number of hydrogen-bond donors (Lipinski definition) is 2. The van der Waals surface area contributed by atoms with Crippen LogP contribution in [0.5, 0.6) is 0 Å². The van der Waals surface area contributed by atoms with Gasteiger partial charge in [0.15, 0.2) is 0 Å². The summed E-state index contributed by atoms with van der Waals surface area (Å²) in [5, 5.41) is 14.8. The molecule has 0 bridgehead atoms. The third kappa shape index (κ3) is 3.64. The van der Waals surface area contributed by atoms with E-state index >= 15 is 0 Å². The van der Waals surface area contributed by atoms with Crippen LogP contribution in [-0.2, 0) is 4.74 Å². The van der Waals surface area contributed by atoms with Gasteiger partial charge >= 0.3 is 6.03 Å².